The van der Waals surface area contributed by atoms with Crippen LogP contribution in [0, 0.1) is 16.0 Å². The van der Waals surface area contributed by atoms with Crippen LogP contribution in [0.2, 0.25) is 0 Å². The van der Waals surface area contributed by atoms with E-state index in [1.54, 1.807) is 12.1 Å². The average Bonchev–Trinajstić information content (AvgIpc) is 3.09. The number of piperazine rings is 1. The SMILES string of the molecule is CC(C)COc1cc(OC2CCN(C(=O)CCN3CCN(c4ccc(OCc5ccc(C(F)(F)F)cc5)cc4)CC3)CC2)ccc1[N+](=O)[O-]. The molecule has 0 aliphatic carbocycles. The van der Waals surface area contributed by atoms with E-state index in [0.29, 0.717) is 62.6 Å². The molecule has 1 amide bonds. The van der Waals surface area contributed by atoms with Crippen molar-refractivity contribution in [2.24, 2.45) is 5.92 Å². The lowest BCUT2D eigenvalue weighted by atomic mass is 10.1. The minimum absolute atomic E-state index is 0.0869. The standard InChI is InChI=1S/C36H43F3N4O6/c1-26(2)24-48-34-23-32(11-12-33(34)43(45)46)49-31-13-17-42(18-14-31)35(44)15-16-40-19-21-41(22-20-40)29-7-9-30(10-8-29)47-25-27-3-5-28(6-4-27)36(37,38)39/h3-12,23,26,31H,13-22,24-25H2,1-2H3. The van der Waals surface area contributed by atoms with E-state index in [-0.39, 0.29) is 36.0 Å². The third kappa shape index (κ3) is 10.2. The number of nitro groups is 1. The highest BCUT2D eigenvalue weighted by molar-refractivity contribution is 5.76. The molecule has 0 unspecified atom stereocenters. The first-order valence-corrected chi connectivity index (χ1v) is 16.7. The molecule has 0 saturated carbocycles. The number of rotatable bonds is 13. The molecule has 2 aliphatic heterocycles. The van der Waals surface area contributed by atoms with Gasteiger partial charge in [-0.15, -0.1) is 0 Å². The zero-order valence-corrected chi connectivity index (χ0v) is 27.9. The van der Waals surface area contributed by atoms with Crippen LogP contribution in [-0.4, -0.2) is 79.2 Å². The number of amides is 1. The molecule has 49 heavy (non-hydrogen) atoms. The second kappa shape index (κ2) is 16.3. The molecule has 0 spiro atoms. The summed E-state index contributed by atoms with van der Waals surface area (Å²) in [6, 6.07) is 17.2. The molecule has 0 atom stereocenters. The number of halogens is 3. The van der Waals surface area contributed by atoms with E-state index in [0.717, 1.165) is 44.0 Å². The fraction of sp³-hybridized carbons (Fsp3) is 0.472. The van der Waals surface area contributed by atoms with Gasteiger partial charge in [0.2, 0.25) is 11.7 Å². The van der Waals surface area contributed by atoms with Crippen molar-refractivity contribution >= 4 is 17.3 Å². The molecule has 0 aromatic heterocycles. The number of hydrogen-bond acceptors (Lipinski definition) is 8. The van der Waals surface area contributed by atoms with Crippen molar-refractivity contribution in [1.29, 1.82) is 0 Å². The molecular formula is C36H43F3N4O6. The van der Waals surface area contributed by atoms with Gasteiger partial charge in [0.1, 0.15) is 24.2 Å². The molecule has 0 N–H and O–H groups in total. The predicted octanol–water partition coefficient (Wildman–Crippen LogP) is 6.81. The topological polar surface area (TPSA) is 97.6 Å². The van der Waals surface area contributed by atoms with Crippen molar-refractivity contribution in [3.05, 3.63) is 88.0 Å². The van der Waals surface area contributed by atoms with Gasteiger partial charge in [-0.05, 0) is 53.9 Å². The third-order valence-electron chi connectivity index (χ3n) is 8.70. The Kier molecular flexibility index (Phi) is 11.9. The van der Waals surface area contributed by atoms with Crippen LogP contribution in [0.15, 0.2) is 66.7 Å². The van der Waals surface area contributed by atoms with Crippen LogP contribution in [0.4, 0.5) is 24.5 Å². The first-order valence-electron chi connectivity index (χ1n) is 16.7. The molecule has 2 heterocycles. The van der Waals surface area contributed by atoms with Gasteiger partial charge in [0.25, 0.3) is 0 Å². The van der Waals surface area contributed by atoms with Crippen LogP contribution in [-0.2, 0) is 17.6 Å². The number of anilines is 1. The largest absolute Gasteiger partial charge is 0.490 e. The predicted molar refractivity (Wildman–Crippen MR) is 179 cm³/mol. The Hall–Kier alpha value is -4.52. The number of ether oxygens (including phenoxy) is 3. The highest BCUT2D eigenvalue weighted by atomic mass is 19.4. The Morgan fingerprint density at radius 3 is 2.16 bits per heavy atom. The zero-order chi connectivity index (χ0) is 35.0. The summed E-state index contributed by atoms with van der Waals surface area (Å²) in [5.41, 5.74) is 0.955. The quantitative estimate of drug-likeness (QED) is 0.143. The van der Waals surface area contributed by atoms with Gasteiger partial charge in [-0.3, -0.25) is 19.8 Å². The van der Waals surface area contributed by atoms with E-state index < -0.39 is 16.7 Å². The van der Waals surface area contributed by atoms with Crippen LogP contribution in [0.3, 0.4) is 0 Å². The average molecular weight is 685 g/mol. The second-order valence-electron chi connectivity index (χ2n) is 12.8. The number of carbonyl (C=O) groups is 1. The zero-order valence-electron chi connectivity index (χ0n) is 27.9. The van der Waals surface area contributed by atoms with E-state index in [2.05, 4.69) is 9.80 Å². The summed E-state index contributed by atoms with van der Waals surface area (Å²) in [6.07, 6.45) is -2.62. The van der Waals surface area contributed by atoms with E-state index >= 15 is 0 Å². The molecule has 13 heteroatoms. The smallest absolute Gasteiger partial charge is 0.416 e. The number of likely N-dealkylation sites (tertiary alicyclic amines) is 1. The number of nitro benzene ring substituents is 1. The third-order valence-corrected chi connectivity index (χ3v) is 8.70. The Balaban J connectivity index is 0.995. The maximum atomic E-state index is 13.0. The van der Waals surface area contributed by atoms with Gasteiger partial charge < -0.3 is 24.0 Å². The van der Waals surface area contributed by atoms with Crippen molar-refractivity contribution in [3.63, 3.8) is 0 Å². The van der Waals surface area contributed by atoms with Crippen LogP contribution >= 0.6 is 0 Å². The molecule has 2 aliphatic rings. The summed E-state index contributed by atoms with van der Waals surface area (Å²) in [5.74, 6) is 1.72. The van der Waals surface area contributed by atoms with Crippen molar-refractivity contribution < 1.29 is 37.1 Å². The normalized spacial score (nSPS) is 16.1. The molecule has 0 radical (unpaired) electrons. The van der Waals surface area contributed by atoms with Gasteiger partial charge in [0.15, 0.2) is 0 Å². The molecule has 3 aromatic carbocycles. The minimum atomic E-state index is -4.36. The van der Waals surface area contributed by atoms with Crippen LogP contribution in [0.25, 0.3) is 0 Å². The molecule has 5 rings (SSSR count). The lowest BCUT2D eigenvalue weighted by Gasteiger charge is -2.37. The molecule has 2 saturated heterocycles. The molecular weight excluding hydrogens is 641 g/mol. The van der Waals surface area contributed by atoms with E-state index in [1.807, 2.05) is 43.0 Å². The Labute approximate surface area is 284 Å². The number of benzene rings is 3. The first-order chi connectivity index (χ1) is 23.4. The maximum absolute atomic E-state index is 13.0. The highest BCUT2D eigenvalue weighted by Gasteiger charge is 2.30. The van der Waals surface area contributed by atoms with Gasteiger partial charge in [0.05, 0.1) is 17.1 Å². The fourth-order valence-corrected chi connectivity index (χ4v) is 5.86. The fourth-order valence-electron chi connectivity index (χ4n) is 5.86. The molecule has 10 nitrogen and oxygen atoms in total. The number of nitrogens with zero attached hydrogens (tertiary/aromatic N) is 4. The minimum Gasteiger partial charge on any atom is -0.490 e. The van der Waals surface area contributed by atoms with E-state index in [9.17, 15) is 28.1 Å². The van der Waals surface area contributed by atoms with Crippen molar-refractivity contribution in [1.82, 2.24) is 9.80 Å². The maximum Gasteiger partial charge on any atom is 0.416 e. The Morgan fingerprint density at radius 2 is 1.55 bits per heavy atom. The van der Waals surface area contributed by atoms with Gasteiger partial charge in [-0.25, -0.2) is 0 Å². The van der Waals surface area contributed by atoms with E-state index in [1.165, 1.54) is 18.2 Å². The Bertz CT molecular complexity index is 1540. The molecule has 0 bridgehead atoms. The van der Waals surface area contributed by atoms with Crippen LogP contribution < -0.4 is 19.1 Å². The molecule has 264 valence electrons. The summed E-state index contributed by atoms with van der Waals surface area (Å²) < 4.78 is 55.9. The summed E-state index contributed by atoms with van der Waals surface area (Å²) in [7, 11) is 0. The van der Waals surface area contributed by atoms with Crippen LogP contribution in [0.1, 0.15) is 44.2 Å². The van der Waals surface area contributed by atoms with Gasteiger partial charge in [-0.1, -0.05) is 26.0 Å². The second-order valence-corrected chi connectivity index (χ2v) is 12.8. The molecule has 3 aromatic rings. The van der Waals surface area contributed by atoms with Gasteiger partial charge in [-0.2, -0.15) is 13.2 Å². The first kappa shape index (κ1) is 35.8. The van der Waals surface area contributed by atoms with Crippen molar-refractivity contribution in [2.75, 3.05) is 57.3 Å². The van der Waals surface area contributed by atoms with E-state index in [4.69, 9.17) is 14.2 Å². The Morgan fingerprint density at radius 1 is 0.898 bits per heavy atom. The number of carbonyl (C=O) groups excluding carboxylic acids is 1. The van der Waals surface area contributed by atoms with Crippen molar-refractivity contribution in [3.8, 4) is 17.2 Å². The summed E-state index contributed by atoms with van der Waals surface area (Å²) in [5, 5.41) is 11.4. The summed E-state index contributed by atoms with van der Waals surface area (Å²) in [4.78, 5) is 30.4. The lowest BCUT2D eigenvalue weighted by Crippen LogP contribution is -2.48. The lowest BCUT2D eigenvalue weighted by molar-refractivity contribution is -0.385. The number of piperidine rings is 1. The van der Waals surface area contributed by atoms with Gasteiger partial charge >= 0.3 is 11.9 Å². The monoisotopic (exact) mass is 684 g/mol. The number of alkyl halides is 3. The number of hydrogen-bond donors (Lipinski definition) is 0. The van der Waals surface area contributed by atoms with Crippen molar-refractivity contribution in [2.45, 2.75) is 52.0 Å². The summed E-state index contributed by atoms with van der Waals surface area (Å²) >= 11 is 0. The molecule has 2 fully saturated rings. The van der Waals surface area contributed by atoms with Gasteiger partial charge in [0, 0.05) is 82.9 Å². The highest BCUT2D eigenvalue weighted by Crippen LogP contribution is 2.33. The van der Waals surface area contributed by atoms with Crippen LogP contribution in [0.5, 0.6) is 17.2 Å². The summed E-state index contributed by atoms with van der Waals surface area (Å²) in [6.45, 7) is 9.74.